The first-order chi connectivity index (χ1) is 14.9. The van der Waals surface area contributed by atoms with Crippen LogP contribution in [0.4, 0.5) is 5.69 Å². The number of fused-ring (bicyclic) bond motifs is 1. The molecule has 31 heavy (non-hydrogen) atoms. The molecule has 0 aliphatic rings. The van der Waals surface area contributed by atoms with Gasteiger partial charge in [0.1, 0.15) is 12.4 Å². The van der Waals surface area contributed by atoms with Gasteiger partial charge in [0.15, 0.2) is 11.5 Å². The normalized spacial score (nSPS) is 11.7. The van der Waals surface area contributed by atoms with Crippen molar-refractivity contribution in [2.75, 3.05) is 26.1 Å². The Hall–Kier alpha value is -3.48. The summed E-state index contributed by atoms with van der Waals surface area (Å²) in [5, 5.41) is 3.73. The van der Waals surface area contributed by atoms with Crippen molar-refractivity contribution in [3.8, 4) is 17.2 Å². The number of hydrogen-bond acceptors (Lipinski definition) is 6. The lowest BCUT2D eigenvalue weighted by atomic mass is 10.1. The molecule has 1 aromatic heterocycles. The van der Waals surface area contributed by atoms with Crippen molar-refractivity contribution in [2.45, 2.75) is 33.2 Å². The highest BCUT2D eigenvalue weighted by Gasteiger charge is 2.15. The maximum absolute atomic E-state index is 12.7. The Bertz CT molecular complexity index is 1070. The molecular weight excluding hydrogens is 394 g/mol. The third-order valence-electron chi connectivity index (χ3n) is 4.71. The second-order valence-electron chi connectivity index (χ2n) is 7.40. The number of nitrogens with zero attached hydrogens (tertiary/aromatic N) is 1. The number of ether oxygens (including phenoxy) is 3. The zero-order chi connectivity index (χ0) is 22.4. The number of nitrogens with one attached hydrogen (secondary N) is 1. The van der Waals surface area contributed by atoms with E-state index in [1.807, 2.05) is 45.0 Å². The summed E-state index contributed by atoms with van der Waals surface area (Å²) < 4.78 is 17.0. The van der Waals surface area contributed by atoms with Crippen molar-refractivity contribution < 1.29 is 19.0 Å². The highest BCUT2D eigenvalue weighted by molar-refractivity contribution is 5.96. The van der Waals surface area contributed by atoms with Crippen molar-refractivity contribution >= 4 is 22.5 Å². The van der Waals surface area contributed by atoms with Crippen LogP contribution in [0.25, 0.3) is 10.9 Å². The van der Waals surface area contributed by atoms with E-state index in [1.165, 1.54) is 0 Å². The van der Waals surface area contributed by atoms with Crippen LogP contribution in [0.2, 0.25) is 0 Å². The molecule has 164 valence electrons. The number of nitrogen functional groups attached to an aromatic ring is 1. The molecule has 0 saturated heterocycles. The van der Waals surface area contributed by atoms with Crippen LogP contribution in [-0.2, 0) is 0 Å². The third-order valence-corrected chi connectivity index (χ3v) is 4.71. The fraction of sp³-hybridized carbons (Fsp3) is 0.333. The molecule has 3 N–H and O–H groups in total. The van der Waals surface area contributed by atoms with Crippen LogP contribution in [0.5, 0.6) is 17.2 Å². The van der Waals surface area contributed by atoms with Gasteiger partial charge in [0, 0.05) is 16.9 Å². The van der Waals surface area contributed by atoms with Crippen LogP contribution < -0.4 is 25.3 Å². The van der Waals surface area contributed by atoms with Gasteiger partial charge in [-0.3, -0.25) is 9.78 Å². The average molecular weight is 424 g/mol. The summed E-state index contributed by atoms with van der Waals surface area (Å²) in [5.41, 5.74) is 8.93. The van der Waals surface area contributed by atoms with E-state index < -0.39 is 0 Å². The van der Waals surface area contributed by atoms with E-state index in [-0.39, 0.29) is 18.6 Å². The number of carbonyl (C=O) groups excluding carboxylic acids is 1. The van der Waals surface area contributed by atoms with E-state index in [1.54, 1.807) is 25.3 Å². The Morgan fingerprint density at radius 3 is 2.68 bits per heavy atom. The largest absolute Gasteiger partial charge is 0.493 e. The Labute approximate surface area is 182 Å². The summed E-state index contributed by atoms with van der Waals surface area (Å²) in [6, 6.07) is 12.4. The molecule has 0 spiro atoms. The molecule has 0 aliphatic heterocycles. The molecule has 1 heterocycles. The molecule has 0 bridgehead atoms. The van der Waals surface area contributed by atoms with Crippen molar-refractivity contribution in [1.29, 1.82) is 0 Å². The van der Waals surface area contributed by atoms with Gasteiger partial charge in [0.05, 0.1) is 30.7 Å². The van der Waals surface area contributed by atoms with Gasteiger partial charge in [0.25, 0.3) is 5.91 Å². The first-order valence-corrected chi connectivity index (χ1v) is 10.3. The molecule has 7 heteroatoms. The lowest BCUT2D eigenvalue weighted by Crippen LogP contribution is -2.36. The Morgan fingerprint density at radius 2 is 1.94 bits per heavy atom. The summed E-state index contributed by atoms with van der Waals surface area (Å²) in [7, 11) is 1.57. The molecule has 2 aromatic carbocycles. The number of amides is 1. The molecule has 0 radical (unpaired) electrons. The van der Waals surface area contributed by atoms with Crippen molar-refractivity contribution in [1.82, 2.24) is 10.3 Å². The summed E-state index contributed by atoms with van der Waals surface area (Å²) >= 11 is 0. The summed E-state index contributed by atoms with van der Waals surface area (Å²) in [6.45, 7) is 6.64. The second kappa shape index (κ2) is 10.0. The molecule has 1 amide bonds. The average Bonchev–Trinajstić information content (AvgIpc) is 2.75. The van der Waals surface area contributed by atoms with Gasteiger partial charge >= 0.3 is 0 Å². The van der Waals surface area contributed by atoms with Crippen molar-refractivity contribution in [3.05, 3.63) is 53.7 Å². The van der Waals surface area contributed by atoms with Crippen molar-refractivity contribution in [3.63, 3.8) is 0 Å². The van der Waals surface area contributed by atoms with E-state index >= 15 is 0 Å². The van der Waals surface area contributed by atoms with Gasteiger partial charge in [-0.15, -0.1) is 0 Å². The first-order valence-electron chi connectivity index (χ1n) is 10.3. The van der Waals surface area contributed by atoms with E-state index in [0.717, 1.165) is 23.0 Å². The minimum atomic E-state index is -0.232. The number of benzene rings is 2. The topological polar surface area (TPSA) is 95.7 Å². The lowest BCUT2D eigenvalue weighted by Gasteiger charge is -2.17. The number of pyridine rings is 1. The Balaban J connectivity index is 1.67. The molecule has 0 fully saturated rings. The molecule has 0 aliphatic carbocycles. The van der Waals surface area contributed by atoms with E-state index in [4.69, 9.17) is 19.9 Å². The summed E-state index contributed by atoms with van der Waals surface area (Å²) in [6.07, 6.45) is 0.863. The van der Waals surface area contributed by atoms with E-state index in [2.05, 4.69) is 10.3 Å². The van der Waals surface area contributed by atoms with Crippen LogP contribution in [0.1, 0.15) is 36.3 Å². The first kappa shape index (κ1) is 22.2. The SMILES string of the molecule is CCCOc1cc(C(=O)NC(C)COc2cccc3nc(C)cc(N)c23)ccc1OC. The number of anilines is 1. The Morgan fingerprint density at radius 1 is 1.13 bits per heavy atom. The monoisotopic (exact) mass is 423 g/mol. The number of aromatic nitrogens is 1. The zero-order valence-electron chi connectivity index (χ0n) is 18.4. The predicted molar refractivity (Wildman–Crippen MR) is 122 cm³/mol. The van der Waals surface area contributed by atoms with Gasteiger partial charge < -0.3 is 25.3 Å². The Kier molecular flexibility index (Phi) is 7.18. The van der Waals surface area contributed by atoms with Gasteiger partial charge in [-0.05, 0) is 56.7 Å². The van der Waals surface area contributed by atoms with E-state index in [9.17, 15) is 4.79 Å². The quantitative estimate of drug-likeness (QED) is 0.537. The number of nitrogens with two attached hydrogens (primary N) is 1. The van der Waals surface area contributed by atoms with Crippen molar-refractivity contribution in [2.24, 2.45) is 0 Å². The summed E-state index contributed by atoms with van der Waals surface area (Å²) in [4.78, 5) is 17.2. The molecule has 3 rings (SSSR count). The maximum Gasteiger partial charge on any atom is 0.251 e. The molecule has 1 atom stereocenters. The maximum atomic E-state index is 12.7. The highest BCUT2D eigenvalue weighted by atomic mass is 16.5. The number of aryl methyl sites for hydroxylation is 1. The summed E-state index contributed by atoms with van der Waals surface area (Å²) in [5.74, 6) is 1.58. The van der Waals surface area contributed by atoms with Crippen LogP contribution in [-0.4, -0.2) is 37.3 Å². The number of carbonyl (C=O) groups is 1. The molecule has 3 aromatic rings. The minimum absolute atomic E-state index is 0.213. The zero-order valence-corrected chi connectivity index (χ0v) is 18.4. The van der Waals surface area contributed by atoms with Crippen LogP contribution in [0, 0.1) is 6.92 Å². The number of rotatable bonds is 9. The van der Waals surface area contributed by atoms with Gasteiger partial charge in [-0.2, -0.15) is 0 Å². The number of hydrogen-bond donors (Lipinski definition) is 2. The van der Waals surface area contributed by atoms with Gasteiger partial charge in [-0.25, -0.2) is 0 Å². The standard InChI is InChI=1S/C24H29N3O4/c1-5-11-30-22-13-17(9-10-20(22)29-4)24(28)27-16(3)14-31-21-8-6-7-19-23(21)18(25)12-15(2)26-19/h6-10,12-13,16H,5,11,14H2,1-4H3,(H2,25,26)(H,27,28). The second-order valence-corrected chi connectivity index (χ2v) is 7.40. The third kappa shape index (κ3) is 5.36. The number of methoxy groups -OCH3 is 1. The fourth-order valence-corrected chi connectivity index (χ4v) is 3.25. The predicted octanol–water partition coefficient (Wildman–Crippen LogP) is 4.12. The molecule has 1 unspecified atom stereocenters. The smallest absolute Gasteiger partial charge is 0.251 e. The van der Waals surface area contributed by atoms with Gasteiger partial charge in [0.2, 0.25) is 0 Å². The van der Waals surface area contributed by atoms with Crippen LogP contribution >= 0.6 is 0 Å². The molecular formula is C24H29N3O4. The van der Waals surface area contributed by atoms with E-state index in [0.29, 0.717) is 35.1 Å². The fourth-order valence-electron chi connectivity index (χ4n) is 3.25. The molecule has 0 saturated carbocycles. The van der Waals surface area contributed by atoms with Gasteiger partial charge in [-0.1, -0.05) is 13.0 Å². The lowest BCUT2D eigenvalue weighted by molar-refractivity contribution is 0.0926. The van der Waals surface area contributed by atoms with Crippen LogP contribution in [0.3, 0.4) is 0 Å². The highest BCUT2D eigenvalue weighted by Crippen LogP contribution is 2.30. The minimum Gasteiger partial charge on any atom is -0.493 e. The molecule has 7 nitrogen and oxygen atoms in total. The van der Waals surface area contributed by atoms with Crippen LogP contribution in [0.15, 0.2) is 42.5 Å².